The zero-order valence-corrected chi connectivity index (χ0v) is 10.4. The highest BCUT2D eigenvalue weighted by molar-refractivity contribution is 5.86. The lowest BCUT2D eigenvalue weighted by Crippen LogP contribution is -2.21. The van der Waals surface area contributed by atoms with Crippen LogP contribution < -0.4 is 10.1 Å². The molecule has 0 fully saturated rings. The Labute approximate surface area is 106 Å². The molecular formula is C14H16N2O2. The number of nitrogens with one attached hydrogen (secondary N) is 1. The molecule has 0 radical (unpaired) electrons. The molecule has 2 aromatic rings. The Balaban J connectivity index is 2.09. The summed E-state index contributed by atoms with van der Waals surface area (Å²) in [6.07, 6.45) is 1.10. The molecule has 0 amide bonds. The van der Waals surface area contributed by atoms with Crippen LogP contribution in [0.4, 0.5) is 0 Å². The number of furan rings is 1. The highest BCUT2D eigenvalue weighted by Gasteiger charge is 2.14. The Kier molecular flexibility index (Phi) is 4.21. The summed E-state index contributed by atoms with van der Waals surface area (Å²) in [5.41, 5.74) is 0.686. The van der Waals surface area contributed by atoms with Gasteiger partial charge in [0.15, 0.2) is 5.75 Å². The van der Waals surface area contributed by atoms with E-state index in [-0.39, 0.29) is 5.76 Å². The molecule has 1 N–H and O–H groups in total. The van der Waals surface area contributed by atoms with Crippen molar-refractivity contribution in [2.45, 2.75) is 13.3 Å². The lowest BCUT2D eigenvalue weighted by molar-refractivity contribution is 0.312. The third-order valence-electron chi connectivity index (χ3n) is 2.60. The van der Waals surface area contributed by atoms with Gasteiger partial charge in [-0.15, -0.1) is 0 Å². The summed E-state index contributed by atoms with van der Waals surface area (Å²) in [6, 6.07) is 9.53. The van der Waals surface area contributed by atoms with E-state index in [1.807, 2.05) is 30.3 Å². The van der Waals surface area contributed by atoms with Gasteiger partial charge in [-0.2, -0.15) is 5.26 Å². The summed E-state index contributed by atoms with van der Waals surface area (Å²) >= 11 is 0. The first-order chi connectivity index (χ1) is 8.86. The Bertz CT molecular complexity index is 554. The van der Waals surface area contributed by atoms with E-state index in [1.54, 1.807) is 0 Å². The van der Waals surface area contributed by atoms with Crippen LogP contribution in [0.25, 0.3) is 11.0 Å². The molecule has 0 atom stereocenters. The largest absolute Gasteiger partial charge is 0.487 e. The Hall–Kier alpha value is -1.99. The number of ether oxygens (including phenoxy) is 1. The van der Waals surface area contributed by atoms with Crippen LogP contribution in [0.1, 0.15) is 19.1 Å². The number of para-hydroxylation sites is 1. The van der Waals surface area contributed by atoms with Gasteiger partial charge in [0.2, 0.25) is 5.76 Å². The van der Waals surface area contributed by atoms with Gasteiger partial charge in [-0.05, 0) is 25.1 Å². The summed E-state index contributed by atoms with van der Waals surface area (Å²) in [7, 11) is 0. The Morgan fingerprint density at radius 3 is 2.94 bits per heavy atom. The number of nitriles is 1. The zero-order valence-electron chi connectivity index (χ0n) is 10.4. The predicted molar refractivity (Wildman–Crippen MR) is 69.6 cm³/mol. The molecule has 0 aliphatic heterocycles. The van der Waals surface area contributed by atoms with Crippen molar-refractivity contribution in [1.82, 2.24) is 5.32 Å². The standard InChI is InChI=1S/C14H16N2O2/c1-2-7-16-8-9-17-14-11-5-3-4-6-12(11)18-13(14)10-15/h3-6,16H,2,7-9H2,1H3. The van der Waals surface area contributed by atoms with Gasteiger partial charge < -0.3 is 14.5 Å². The van der Waals surface area contributed by atoms with Crippen molar-refractivity contribution in [3.8, 4) is 11.8 Å². The number of fused-ring (bicyclic) bond motifs is 1. The molecule has 2 rings (SSSR count). The predicted octanol–water partition coefficient (Wildman–Crippen LogP) is 2.68. The van der Waals surface area contributed by atoms with E-state index in [1.165, 1.54) is 0 Å². The van der Waals surface area contributed by atoms with Crippen molar-refractivity contribution < 1.29 is 9.15 Å². The number of hydrogen-bond donors (Lipinski definition) is 1. The quantitative estimate of drug-likeness (QED) is 0.794. The molecule has 94 valence electrons. The van der Waals surface area contributed by atoms with E-state index in [4.69, 9.17) is 14.4 Å². The third kappa shape index (κ3) is 2.63. The van der Waals surface area contributed by atoms with Crippen molar-refractivity contribution >= 4 is 11.0 Å². The molecule has 0 aliphatic carbocycles. The monoisotopic (exact) mass is 244 g/mol. The van der Waals surface area contributed by atoms with E-state index in [9.17, 15) is 0 Å². The van der Waals surface area contributed by atoms with Crippen LogP contribution in [0.15, 0.2) is 28.7 Å². The minimum absolute atomic E-state index is 0.242. The number of benzene rings is 1. The smallest absolute Gasteiger partial charge is 0.246 e. The molecule has 1 aromatic heterocycles. The van der Waals surface area contributed by atoms with E-state index in [0.29, 0.717) is 17.9 Å². The van der Waals surface area contributed by atoms with Crippen LogP contribution in [0.5, 0.6) is 5.75 Å². The summed E-state index contributed by atoms with van der Waals surface area (Å²) in [6.45, 7) is 4.38. The fourth-order valence-corrected chi connectivity index (χ4v) is 1.77. The normalized spacial score (nSPS) is 10.4. The molecule has 4 heteroatoms. The maximum atomic E-state index is 9.02. The number of rotatable bonds is 6. The second-order valence-corrected chi connectivity index (χ2v) is 3.97. The minimum Gasteiger partial charge on any atom is -0.487 e. The summed E-state index contributed by atoms with van der Waals surface area (Å²) in [5.74, 6) is 0.790. The van der Waals surface area contributed by atoms with E-state index in [0.717, 1.165) is 24.9 Å². The van der Waals surface area contributed by atoms with Gasteiger partial charge in [-0.25, -0.2) is 0 Å². The second-order valence-electron chi connectivity index (χ2n) is 3.97. The molecule has 18 heavy (non-hydrogen) atoms. The van der Waals surface area contributed by atoms with Crippen molar-refractivity contribution in [2.75, 3.05) is 19.7 Å². The summed E-state index contributed by atoms with van der Waals surface area (Å²) in [5, 5.41) is 13.1. The summed E-state index contributed by atoms with van der Waals surface area (Å²) < 4.78 is 11.1. The Morgan fingerprint density at radius 1 is 1.33 bits per heavy atom. The first kappa shape index (κ1) is 12.5. The molecule has 0 saturated heterocycles. The van der Waals surface area contributed by atoms with Gasteiger partial charge in [0, 0.05) is 6.54 Å². The maximum absolute atomic E-state index is 9.02. The SMILES string of the molecule is CCCNCCOc1c(C#N)oc2ccccc12. The summed E-state index contributed by atoms with van der Waals surface area (Å²) in [4.78, 5) is 0. The van der Waals surface area contributed by atoms with Gasteiger partial charge in [0.25, 0.3) is 0 Å². The minimum atomic E-state index is 0.242. The average molecular weight is 244 g/mol. The second kappa shape index (κ2) is 6.08. The molecule has 4 nitrogen and oxygen atoms in total. The maximum Gasteiger partial charge on any atom is 0.246 e. The zero-order chi connectivity index (χ0) is 12.8. The molecule has 0 aliphatic rings. The van der Waals surface area contributed by atoms with Gasteiger partial charge in [0.05, 0.1) is 5.39 Å². The van der Waals surface area contributed by atoms with Crippen LogP contribution in [0.3, 0.4) is 0 Å². The fourth-order valence-electron chi connectivity index (χ4n) is 1.77. The van der Waals surface area contributed by atoms with Crippen molar-refractivity contribution in [1.29, 1.82) is 5.26 Å². The van der Waals surface area contributed by atoms with E-state index < -0.39 is 0 Å². The first-order valence-corrected chi connectivity index (χ1v) is 6.12. The van der Waals surface area contributed by atoms with Crippen LogP contribution >= 0.6 is 0 Å². The van der Waals surface area contributed by atoms with Gasteiger partial charge in [-0.3, -0.25) is 0 Å². The third-order valence-corrected chi connectivity index (χ3v) is 2.60. The lowest BCUT2D eigenvalue weighted by Gasteiger charge is -2.05. The first-order valence-electron chi connectivity index (χ1n) is 6.12. The highest BCUT2D eigenvalue weighted by Crippen LogP contribution is 2.32. The highest BCUT2D eigenvalue weighted by atomic mass is 16.5. The van der Waals surface area contributed by atoms with Crippen molar-refractivity contribution in [3.63, 3.8) is 0 Å². The molecule has 0 bridgehead atoms. The molecule has 1 aromatic carbocycles. The lowest BCUT2D eigenvalue weighted by atomic mass is 10.2. The van der Waals surface area contributed by atoms with E-state index in [2.05, 4.69) is 12.2 Å². The van der Waals surface area contributed by atoms with Crippen LogP contribution in [0.2, 0.25) is 0 Å². The molecular weight excluding hydrogens is 228 g/mol. The van der Waals surface area contributed by atoms with Gasteiger partial charge >= 0.3 is 0 Å². The molecule has 1 heterocycles. The van der Waals surface area contributed by atoms with Crippen LogP contribution in [0, 0.1) is 11.3 Å². The molecule has 0 unspecified atom stereocenters. The fraction of sp³-hybridized carbons (Fsp3) is 0.357. The number of nitrogens with zero attached hydrogens (tertiary/aromatic N) is 1. The van der Waals surface area contributed by atoms with Crippen molar-refractivity contribution in [2.24, 2.45) is 0 Å². The van der Waals surface area contributed by atoms with E-state index >= 15 is 0 Å². The van der Waals surface area contributed by atoms with Gasteiger partial charge in [0.1, 0.15) is 18.3 Å². The van der Waals surface area contributed by atoms with Crippen LogP contribution in [-0.2, 0) is 0 Å². The van der Waals surface area contributed by atoms with Crippen LogP contribution in [-0.4, -0.2) is 19.7 Å². The van der Waals surface area contributed by atoms with Crippen molar-refractivity contribution in [3.05, 3.63) is 30.0 Å². The number of hydrogen-bond acceptors (Lipinski definition) is 4. The topological polar surface area (TPSA) is 58.2 Å². The average Bonchev–Trinajstić information content (AvgIpc) is 2.77. The molecule has 0 spiro atoms. The van der Waals surface area contributed by atoms with Gasteiger partial charge in [-0.1, -0.05) is 19.1 Å². The Morgan fingerprint density at radius 2 is 2.17 bits per heavy atom. The molecule has 0 saturated carbocycles.